The van der Waals surface area contributed by atoms with Crippen molar-refractivity contribution in [2.24, 2.45) is 0 Å². The van der Waals surface area contributed by atoms with E-state index < -0.39 is 0 Å². The lowest BCUT2D eigenvalue weighted by Gasteiger charge is -2.09. The van der Waals surface area contributed by atoms with E-state index in [1.54, 1.807) is 6.92 Å². The molecule has 0 atom stereocenters. The van der Waals surface area contributed by atoms with Crippen LogP contribution in [0.3, 0.4) is 0 Å². The smallest absolute Gasteiger partial charge is 0.326 e. The Morgan fingerprint density at radius 3 is 2.68 bits per heavy atom. The highest BCUT2D eigenvalue weighted by Crippen LogP contribution is 2.26. The number of fused-ring (bicyclic) bond motifs is 1. The fourth-order valence-corrected chi connectivity index (χ4v) is 3.39. The maximum absolute atomic E-state index is 12.6. The van der Waals surface area contributed by atoms with Crippen molar-refractivity contribution in [3.05, 3.63) is 26.6 Å². The molecule has 0 spiro atoms. The number of nitrogens with zero attached hydrogens (tertiary/aromatic N) is 2. The number of carbonyl (C=O) groups excluding carboxylic acids is 1. The van der Waals surface area contributed by atoms with Gasteiger partial charge in [-0.05, 0) is 32.8 Å². The highest BCUT2D eigenvalue weighted by molar-refractivity contribution is 7.18. The molecule has 0 aliphatic carbocycles. The van der Waals surface area contributed by atoms with E-state index in [1.165, 1.54) is 15.9 Å². The lowest BCUT2D eigenvalue weighted by atomic mass is 10.2. The van der Waals surface area contributed by atoms with Crippen molar-refractivity contribution >= 4 is 27.5 Å². The van der Waals surface area contributed by atoms with Crippen LogP contribution >= 0.6 is 11.3 Å². The van der Waals surface area contributed by atoms with Gasteiger partial charge >= 0.3 is 5.97 Å². The van der Waals surface area contributed by atoms with Crippen LogP contribution in [0.5, 0.6) is 0 Å². The molecule has 6 heteroatoms. The second-order valence-corrected chi connectivity index (χ2v) is 6.64. The molecule has 0 amide bonds. The number of hydrogen-bond acceptors (Lipinski definition) is 5. The standard InChI is InChI=1S/C16H22N2O3S/c1-5-6-7-8-21-13(19)9-18-12(4)17-15-14(16(18)20)10(2)11(3)22-15/h5-9H2,1-4H3. The van der Waals surface area contributed by atoms with Crippen molar-refractivity contribution in [1.82, 2.24) is 9.55 Å². The molecule has 0 N–H and O–H groups in total. The fraction of sp³-hybridized carbons (Fsp3) is 0.562. The first-order chi connectivity index (χ1) is 10.5. The van der Waals surface area contributed by atoms with Crippen LogP contribution in [-0.4, -0.2) is 22.1 Å². The molecule has 0 aromatic carbocycles. The Morgan fingerprint density at radius 2 is 2.00 bits per heavy atom. The summed E-state index contributed by atoms with van der Waals surface area (Å²) in [6, 6.07) is 0. The molecule has 120 valence electrons. The molecular formula is C16H22N2O3S. The fourth-order valence-electron chi connectivity index (χ4n) is 2.33. The van der Waals surface area contributed by atoms with Gasteiger partial charge in [-0.15, -0.1) is 11.3 Å². The summed E-state index contributed by atoms with van der Waals surface area (Å²) in [6.07, 6.45) is 2.97. The van der Waals surface area contributed by atoms with Crippen LogP contribution in [0.15, 0.2) is 4.79 Å². The number of thiophene rings is 1. The average Bonchev–Trinajstić information content (AvgIpc) is 2.74. The normalized spacial score (nSPS) is 11.1. The van der Waals surface area contributed by atoms with E-state index in [2.05, 4.69) is 11.9 Å². The maximum Gasteiger partial charge on any atom is 0.326 e. The molecule has 0 unspecified atom stereocenters. The molecule has 22 heavy (non-hydrogen) atoms. The summed E-state index contributed by atoms with van der Waals surface area (Å²) in [5.41, 5.74) is 0.789. The van der Waals surface area contributed by atoms with Crippen LogP contribution < -0.4 is 5.56 Å². The number of aryl methyl sites for hydroxylation is 3. The van der Waals surface area contributed by atoms with Gasteiger partial charge < -0.3 is 4.74 Å². The molecule has 0 saturated heterocycles. The number of esters is 1. The third-order valence-corrected chi connectivity index (χ3v) is 4.88. The van der Waals surface area contributed by atoms with Gasteiger partial charge in [-0.2, -0.15) is 0 Å². The molecule has 0 fully saturated rings. The molecule has 0 saturated carbocycles. The van der Waals surface area contributed by atoms with E-state index in [0.29, 0.717) is 17.8 Å². The van der Waals surface area contributed by atoms with Crippen LogP contribution in [0, 0.1) is 20.8 Å². The van der Waals surface area contributed by atoms with Crippen molar-refractivity contribution < 1.29 is 9.53 Å². The zero-order chi connectivity index (χ0) is 16.3. The minimum Gasteiger partial charge on any atom is -0.464 e. The minimum absolute atomic E-state index is 0.0753. The lowest BCUT2D eigenvalue weighted by molar-refractivity contribution is -0.144. The van der Waals surface area contributed by atoms with Gasteiger partial charge in [0.05, 0.1) is 12.0 Å². The highest BCUT2D eigenvalue weighted by Gasteiger charge is 2.16. The van der Waals surface area contributed by atoms with Crippen LogP contribution in [0.4, 0.5) is 0 Å². The zero-order valence-electron chi connectivity index (χ0n) is 13.6. The summed E-state index contributed by atoms with van der Waals surface area (Å²) in [6.45, 7) is 8.07. The summed E-state index contributed by atoms with van der Waals surface area (Å²) in [5, 5.41) is 0.617. The predicted molar refractivity (Wildman–Crippen MR) is 88.6 cm³/mol. The second-order valence-electron chi connectivity index (χ2n) is 5.44. The van der Waals surface area contributed by atoms with Crippen molar-refractivity contribution in [3.63, 3.8) is 0 Å². The van der Waals surface area contributed by atoms with Gasteiger partial charge in [0.25, 0.3) is 5.56 Å². The number of ether oxygens (including phenoxy) is 1. The van der Waals surface area contributed by atoms with Gasteiger partial charge in [-0.1, -0.05) is 19.8 Å². The minimum atomic E-state index is -0.382. The Labute approximate surface area is 133 Å². The van der Waals surface area contributed by atoms with Gasteiger partial charge in [0.15, 0.2) is 0 Å². The quantitative estimate of drug-likeness (QED) is 0.605. The van der Waals surface area contributed by atoms with Crippen LogP contribution in [0.1, 0.15) is 42.5 Å². The monoisotopic (exact) mass is 322 g/mol. The first kappa shape index (κ1) is 16.7. The van der Waals surface area contributed by atoms with E-state index in [9.17, 15) is 9.59 Å². The number of unbranched alkanes of at least 4 members (excludes halogenated alkanes) is 2. The third-order valence-electron chi connectivity index (χ3n) is 3.78. The van der Waals surface area contributed by atoms with Gasteiger partial charge in [0.2, 0.25) is 0 Å². The van der Waals surface area contributed by atoms with Crippen LogP contribution in [0.2, 0.25) is 0 Å². The molecule has 0 aliphatic heterocycles. The SMILES string of the molecule is CCCCCOC(=O)Cn1c(C)nc2sc(C)c(C)c2c1=O. The number of carbonyl (C=O) groups is 1. The third kappa shape index (κ3) is 3.38. The van der Waals surface area contributed by atoms with Gasteiger partial charge in [0, 0.05) is 4.88 Å². The molecule has 5 nitrogen and oxygen atoms in total. The Bertz CT molecular complexity index is 746. The Hall–Kier alpha value is -1.69. The second kappa shape index (κ2) is 7.05. The molecule has 0 bridgehead atoms. The van der Waals surface area contributed by atoms with Crippen molar-refractivity contribution in [1.29, 1.82) is 0 Å². The Kier molecular flexibility index (Phi) is 5.34. The molecule has 2 heterocycles. The summed E-state index contributed by atoms with van der Waals surface area (Å²) < 4.78 is 6.59. The lowest BCUT2D eigenvalue weighted by Crippen LogP contribution is -2.28. The molecule has 2 aromatic rings. The van der Waals surface area contributed by atoms with Crippen LogP contribution in [-0.2, 0) is 16.1 Å². The Morgan fingerprint density at radius 1 is 1.27 bits per heavy atom. The first-order valence-electron chi connectivity index (χ1n) is 7.58. The molecular weight excluding hydrogens is 300 g/mol. The van der Waals surface area contributed by atoms with E-state index >= 15 is 0 Å². The predicted octanol–water partition coefficient (Wildman–Crippen LogP) is 3.12. The van der Waals surface area contributed by atoms with Gasteiger partial charge in [0.1, 0.15) is 17.2 Å². The summed E-state index contributed by atoms with van der Waals surface area (Å²) in [7, 11) is 0. The Balaban J connectivity index is 2.22. The zero-order valence-corrected chi connectivity index (χ0v) is 14.4. The summed E-state index contributed by atoms with van der Waals surface area (Å²) >= 11 is 1.51. The van der Waals surface area contributed by atoms with Gasteiger partial charge in [-0.25, -0.2) is 4.98 Å². The number of aromatic nitrogens is 2. The molecule has 2 rings (SSSR count). The first-order valence-corrected chi connectivity index (χ1v) is 8.40. The molecule has 0 radical (unpaired) electrons. The maximum atomic E-state index is 12.6. The number of rotatable bonds is 6. The van der Waals surface area contributed by atoms with Crippen molar-refractivity contribution in [2.45, 2.75) is 53.5 Å². The van der Waals surface area contributed by atoms with Crippen molar-refractivity contribution in [2.75, 3.05) is 6.61 Å². The van der Waals surface area contributed by atoms with E-state index in [1.807, 2.05) is 13.8 Å². The average molecular weight is 322 g/mol. The molecule has 2 aromatic heterocycles. The largest absolute Gasteiger partial charge is 0.464 e. The summed E-state index contributed by atoms with van der Waals surface area (Å²) in [4.78, 5) is 30.8. The number of hydrogen-bond donors (Lipinski definition) is 0. The van der Waals surface area contributed by atoms with E-state index in [0.717, 1.165) is 34.5 Å². The van der Waals surface area contributed by atoms with Crippen LogP contribution in [0.25, 0.3) is 10.2 Å². The topological polar surface area (TPSA) is 61.2 Å². The highest BCUT2D eigenvalue weighted by atomic mass is 32.1. The molecule has 0 aliphatic rings. The van der Waals surface area contributed by atoms with E-state index in [-0.39, 0.29) is 18.1 Å². The van der Waals surface area contributed by atoms with E-state index in [4.69, 9.17) is 4.74 Å². The summed E-state index contributed by atoms with van der Waals surface area (Å²) in [5.74, 6) is 0.163. The van der Waals surface area contributed by atoms with Crippen molar-refractivity contribution in [3.8, 4) is 0 Å². The van der Waals surface area contributed by atoms with Gasteiger partial charge in [-0.3, -0.25) is 14.2 Å².